The second-order valence-electron chi connectivity index (χ2n) is 2.18. The van der Waals surface area contributed by atoms with E-state index in [1.165, 1.54) is 12.8 Å². The SMILES string of the molecule is S=C1CCCCC(=S)N1. The highest BCUT2D eigenvalue weighted by atomic mass is 32.1. The first-order valence-corrected chi connectivity index (χ1v) is 3.93. The second kappa shape index (κ2) is 3.22. The molecule has 0 aromatic carbocycles. The number of hydrogen-bond donors (Lipinski definition) is 1. The van der Waals surface area contributed by atoms with Gasteiger partial charge in [0.1, 0.15) is 0 Å². The maximum absolute atomic E-state index is 4.97. The zero-order chi connectivity index (χ0) is 6.69. The van der Waals surface area contributed by atoms with Crippen molar-refractivity contribution in [3.05, 3.63) is 0 Å². The molecule has 1 aliphatic rings. The van der Waals surface area contributed by atoms with Gasteiger partial charge in [-0.15, -0.1) is 0 Å². The lowest BCUT2D eigenvalue weighted by molar-refractivity contribution is 0.813. The van der Waals surface area contributed by atoms with Gasteiger partial charge >= 0.3 is 0 Å². The monoisotopic (exact) mass is 159 g/mol. The van der Waals surface area contributed by atoms with Crippen LogP contribution in [0.1, 0.15) is 25.7 Å². The van der Waals surface area contributed by atoms with Crippen molar-refractivity contribution in [3.63, 3.8) is 0 Å². The molecular formula is C6H9NS2. The Labute approximate surface area is 65.8 Å². The van der Waals surface area contributed by atoms with Crippen molar-refractivity contribution in [3.8, 4) is 0 Å². The van der Waals surface area contributed by atoms with Crippen molar-refractivity contribution >= 4 is 34.4 Å². The third-order valence-electron chi connectivity index (χ3n) is 1.34. The van der Waals surface area contributed by atoms with Crippen molar-refractivity contribution in [2.24, 2.45) is 0 Å². The van der Waals surface area contributed by atoms with Crippen LogP contribution in [0.2, 0.25) is 0 Å². The van der Waals surface area contributed by atoms with Crippen LogP contribution in [-0.4, -0.2) is 9.98 Å². The lowest BCUT2D eigenvalue weighted by Gasteiger charge is -1.99. The number of hydrogen-bond acceptors (Lipinski definition) is 2. The summed E-state index contributed by atoms with van der Waals surface area (Å²) in [6.07, 6.45) is 4.39. The van der Waals surface area contributed by atoms with Crippen molar-refractivity contribution in [2.75, 3.05) is 0 Å². The van der Waals surface area contributed by atoms with E-state index in [1.807, 2.05) is 0 Å². The second-order valence-corrected chi connectivity index (χ2v) is 3.16. The van der Waals surface area contributed by atoms with Crippen LogP contribution in [0.5, 0.6) is 0 Å². The van der Waals surface area contributed by atoms with E-state index in [0.29, 0.717) is 0 Å². The number of nitrogens with one attached hydrogen (secondary N) is 1. The lowest BCUT2D eigenvalue weighted by Crippen LogP contribution is -2.24. The Morgan fingerprint density at radius 2 is 1.44 bits per heavy atom. The van der Waals surface area contributed by atoms with E-state index in [2.05, 4.69) is 5.32 Å². The van der Waals surface area contributed by atoms with E-state index in [9.17, 15) is 0 Å². The van der Waals surface area contributed by atoms with Gasteiger partial charge in [0.05, 0.1) is 9.98 Å². The standard InChI is InChI=1S/C6H9NS2/c8-5-3-1-2-4-6(9)7-5/h1-4H2,(H,7,8,9). The topological polar surface area (TPSA) is 12.0 Å². The Balaban J connectivity index is 2.47. The van der Waals surface area contributed by atoms with E-state index in [4.69, 9.17) is 24.4 Å². The van der Waals surface area contributed by atoms with Crippen LogP contribution in [0, 0.1) is 0 Å². The third kappa shape index (κ3) is 2.37. The van der Waals surface area contributed by atoms with Crippen LogP contribution in [0.15, 0.2) is 0 Å². The molecule has 9 heavy (non-hydrogen) atoms. The van der Waals surface area contributed by atoms with Gasteiger partial charge < -0.3 is 5.32 Å². The molecule has 0 radical (unpaired) electrons. The summed E-state index contributed by atoms with van der Waals surface area (Å²) in [4.78, 5) is 1.83. The molecule has 0 aliphatic carbocycles. The van der Waals surface area contributed by atoms with Gasteiger partial charge in [0.25, 0.3) is 0 Å². The Morgan fingerprint density at radius 1 is 1.00 bits per heavy atom. The first-order valence-electron chi connectivity index (χ1n) is 3.12. The molecule has 1 saturated heterocycles. The Kier molecular flexibility index (Phi) is 2.54. The molecule has 1 fully saturated rings. The fraction of sp³-hybridized carbons (Fsp3) is 0.667. The summed E-state index contributed by atoms with van der Waals surface area (Å²) >= 11 is 9.94. The van der Waals surface area contributed by atoms with Gasteiger partial charge in [-0.1, -0.05) is 24.4 Å². The van der Waals surface area contributed by atoms with Gasteiger partial charge in [-0.25, -0.2) is 0 Å². The molecule has 0 atom stereocenters. The first-order chi connectivity index (χ1) is 4.29. The van der Waals surface area contributed by atoms with Crippen LogP contribution in [0.3, 0.4) is 0 Å². The summed E-state index contributed by atoms with van der Waals surface area (Å²) in [6, 6.07) is 0. The lowest BCUT2D eigenvalue weighted by atomic mass is 10.2. The van der Waals surface area contributed by atoms with E-state index < -0.39 is 0 Å². The normalized spacial score (nSPS) is 20.9. The molecule has 1 aliphatic heterocycles. The minimum atomic E-state index is 0.914. The Hall–Kier alpha value is -0.0200. The van der Waals surface area contributed by atoms with Crippen LogP contribution in [0.25, 0.3) is 0 Å². The van der Waals surface area contributed by atoms with Gasteiger partial charge in [-0.3, -0.25) is 0 Å². The Morgan fingerprint density at radius 3 is 1.89 bits per heavy atom. The highest BCUT2D eigenvalue weighted by Crippen LogP contribution is 2.06. The van der Waals surface area contributed by atoms with Gasteiger partial charge in [0, 0.05) is 0 Å². The first kappa shape index (κ1) is 7.09. The highest BCUT2D eigenvalue weighted by molar-refractivity contribution is 7.81. The quantitative estimate of drug-likeness (QED) is 0.541. The molecule has 0 unspecified atom stereocenters. The predicted octanol–water partition coefficient (Wildman–Crippen LogP) is 1.80. The van der Waals surface area contributed by atoms with Crippen LogP contribution < -0.4 is 5.32 Å². The molecule has 0 amide bonds. The van der Waals surface area contributed by atoms with Crippen LogP contribution in [0.4, 0.5) is 0 Å². The third-order valence-corrected chi connectivity index (χ3v) is 1.95. The van der Waals surface area contributed by atoms with Crippen LogP contribution >= 0.6 is 24.4 Å². The molecule has 0 spiro atoms. The summed E-state index contributed by atoms with van der Waals surface area (Å²) in [5.74, 6) is 0. The summed E-state index contributed by atoms with van der Waals surface area (Å²) in [6.45, 7) is 0. The van der Waals surface area contributed by atoms with Gasteiger partial charge in [-0.05, 0) is 25.7 Å². The van der Waals surface area contributed by atoms with Crippen molar-refractivity contribution in [1.82, 2.24) is 5.32 Å². The predicted molar refractivity (Wildman–Crippen MR) is 46.8 cm³/mol. The molecule has 0 saturated carbocycles. The van der Waals surface area contributed by atoms with Gasteiger partial charge in [0.15, 0.2) is 0 Å². The van der Waals surface area contributed by atoms with E-state index in [-0.39, 0.29) is 0 Å². The molecule has 0 aromatic rings. The van der Waals surface area contributed by atoms with E-state index >= 15 is 0 Å². The van der Waals surface area contributed by atoms with Crippen molar-refractivity contribution < 1.29 is 0 Å². The zero-order valence-corrected chi connectivity index (χ0v) is 6.78. The zero-order valence-electron chi connectivity index (χ0n) is 5.14. The van der Waals surface area contributed by atoms with Crippen molar-refractivity contribution in [2.45, 2.75) is 25.7 Å². The van der Waals surface area contributed by atoms with Crippen molar-refractivity contribution in [1.29, 1.82) is 0 Å². The molecule has 1 nitrogen and oxygen atoms in total. The van der Waals surface area contributed by atoms with Gasteiger partial charge in [0.2, 0.25) is 0 Å². The fourth-order valence-corrected chi connectivity index (χ4v) is 1.45. The fourth-order valence-electron chi connectivity index (χ4n) is 0.852. The summed E-state index contributed by atoms with van der Waals surface area (Å²) in [5, 5.41) is 3.00. The number of rotatable bonds is 0. The minimum Gasteiger partial charge on any atom is -0.345 e. The maximum atomic E-state index is 4.97. The molecule has 1 heterocycles. The summed E-state index contributed by atoms with van der Waals surface area (Å²) < 4.78 is 0. The van der Waals surface area contributed by atoms with Crippen LogP contribution in [-0.2, 0) is 0 Å². The minimum absolute atomic E-state index is 0.914. The average molecular weight is 159 g/mol. The largest absolute Gasteiger partial charge is 0.345 e. The summed E-state index contributed by atoms with van der Waals surface area (Å²) in [5.41, 5.74) is 0. The maximum Gasteiger partial charge on any atom is 0.0801 e. The van der Waals surface area contributed by atoms with E-state index in [0.717, 1.165) is 22.8 Å². The smallest absolute Gasteiger partial charge is 0.0801 e. The molecule has 0 aromatic heterocycles. The molecule has 50 valence electrons. The molecular weight excluding hydrogens is 150 g/mol. The number of thiocarbonyl (C=S) groups is 2. The average Bonchev–Trinajstić information content (AvgIpc) is 1.93. The highest BCUT2D eigenvalue weighted by Gasteiger charge is 2.05. The molecule has 0 bridgehead atoms. The summed E-state index contributed by atoms with van der Waals surface area (Å²) in [7, 11) is 0. The van der Waals surface area contributed by atoms with Gasteiger partial charge in [-0.2, -0.15) is 0 Å². The molecule has 1 rings (SSSR count). The van der Waals surface area contributed by atoms with E-state index in [1.54, 1.807) is 0 Å². The Bertz CT molecular complexity index is 126. The molecule has 3 heteroatoms. The molecule has 1 N–H and O–H groups in total.